The minimum atomic E-state index is -0.178. The second-order valence-electron chi connectivity index (χ2n) is 8.01. The molecule has 0 aliphatic carbocycles. The van der Waals surface area contributed by atoms with E-state index >= 15 is 0 Å². The van der Waals surface area contributed by atoms with Crippen LogP contribution in [0.25, 0.3) is 6.08 Å². The standard InChI is InChI=1S/C28H23BrCl2N2O2S/c1-3-5-19-12-18(13-23(29)26(19)35-16-20-8-9-21(30)15-24(20)31)14-25-27(34)33-28(36-25)32-22-10-6-17(4-2)7-11-22/h3,6-15H,1,4-5,16H2,2H3,(H,32,33,34)/b25-14-. The predicted octanol–water partition coefficient (Wildman–Crippen LogP) is 8.52. The lowest BCUT2D eigenvalue weighted by atomic mass is 10.1. The summed E-state index contributed by atoms with van der Waals surface area (Å²) in [6, 6.07) is 17.2. The number of amides is 1. The summed E-state index contributed by atoms with van der Waals surface area (Å²) in [7, 11) is 0. The first-order valence-corrected chi connectivity index (χ1v) is 13.6. The summed E-state index contributed by atoms with van der Waals surface area (Å²) in [6.45, 7) is 6.27. The van der Waals surface area contributed by atoms with Gasteiger partial charge in [-0.2, -0.15) is 0 Å². The van der Waals surface area contributed by atoms with E-state index in [0.29, 0.717) is 32.3 Å². The third kappa shape index (κ3) is 6.62. The molecule has 1 N–H and O–H groups in total. The normalized spacial score (nSPS) is 15.4. The zero-order chi connectivity index (χ0) is 25.7. The van der Waals surface area contributed by atoms with Gasteiger partial charge in [0.1, 0.15) is 12.4 Å². The van der Waals surface area contributed by atoms with E-state index in [0.717, 1.165) is 33.3 Å². The Kier molecular flexibility index (Phi) is 8.96. The molecule has 1 saturated heterocycles. The maximum Gasteiger partial charge on any atom is 0.264 e. The fraction of sp³-hybridized carbons (Fsp3) is 0.143. The fourth-order valence-electron chi connectivity index (χ4n) is 3.57. The first kappa shape index (κ1) is 26.6. The molecule has 1 aliphatic heterocycles. The molecule has 1 heterocycles. The van der Waals surface area contributed by atoms with Crippen molar-refractivity contribution in [3.63, 3.8) is 0 Å². The largest absolute Gasteiger partial charge is 0.487 e. The summed E-state index contributed by atoms with van der Waals surface area (Å²) in [5.74, 6) is 0.521. The topological polar surface area (TPSA) is 50.7 Å². The first-order valence-electron chi connectivity index (χ1n) is 11.2. The lowest BCUT2D eigenvalue weighted by Gasteiger charge is -2.15. The number of aryl methyl sites for hydroxylation is 1. The molecule has 0 spiro atoms. The summed E-state index contributed by atoms with van der Waals surface area (Å²) in [4.78, 5) is 17.7. The molecule has 0 radical (unpaired) electrons. The van der Waals surface area contributed by atoms with Crippen LogP contribution in [0.15, 0.2) is 81.6 Å². The van der Waals surface area contributed by atoms with Crippen LogP contribution in [0.1, 0.15) is 29.2 Å². The molecule has 0 aromatic heterocycles. The second-order valence-corrected chi connectivity index (χ2v) is 10.7. The molecule has 1 fully saturated rings. The molecule has 36 heavy (non-hydrogen) atoms. The number of aliphatic imine (C=N–C) groups is 1. The molecule has 1 aliphatic rings. The van der Waals surface area contributed by atoms with Crippen LogP contribution in [0.4, 0.5) is 5.69 Å². The molecule has 4 nitrogen and oxygen atoms in total. The van der Waals surface area contributed by atoms with Gasteiger partial charge in [0.15, 0.2) is 5.17 Å². The fourth-order valence-corrected chi connectivity index (χ4v) is 5.51. The van der Waals surface area contributed by atoms with Gasteiger partial charge in [0.05, 0.1) is 15.1 Å². The molecule has 0 saturated carbocycles. The highest BCUT2D eigenvalue weighted by molar-refractivity contribution is 9.10. The molecule has 0 unspecified atom stereocenters. The van der Waals surface area contributed by atoms with Gasteiger partial charge in [-0.3, -0.25) is 4.79 Å². The van der Waals surface area contributed by atoms with E-state index in [1.165, 1.54) is 17.3 Å². The van der Waals surface area contributed by atoms with E-state index in [1.54, 1.807) is 12.1 Å². The number of nitrogens with one attached hydrogen (secondary N) is 1. The number of allylic oxidation sites excluding steroid dienone is 1. The Balaban J connectivity index is 1.55. The molecule has 0 atom stereocenters. The number of hydrogen-bond acceptors (Lipinski definition) is 4. The van der Waals surface area contributed by atoms with Gasteiger partial charge in [0.25, 0.3) is 5.91 Å². The number of halogens is 3. The maximum atomic E-state index is 12.6. The first-order chi connectivity index (χ1) is 17.4. The smallest absolute Gasteiger partial charge is 0.264 e. The number of hydrogen-bond donors (Lipinski definition) is 1. The molecule has 3 aromatic rings. The number of nitrogens with zero attached hydrogens (tertiary/aromatic N) is 1. The number of ether oxygens (including phenoxy) is 1. The summed E-state index contributed by atoms with van der Waals surface area (Å²) < 4.78 is 6.90. The Morgan fingerprint density at radius 2 is 1.89 bits per heavy atom. The summed E-state index contributed by atoms with van der Waals surface area (Å²) >= 11 is 17.2. The second kappa shape index (κ2) is 12.2. The number of benzene rings is 3. The summed E-state index contributed by atoms with van der Waals surface area (Å²) in [5.41, 5.74) is 4.67. The Morgan fingerprint density at radius 1 is 1.11 bits per heavy atom. The maximum absolute atomic E-state index is 12.6. The van der Waals surface area contributed by atoms with Crippen LogP contribution in [0.5, 0.6) is 5.75 Å². The lowest BCUT2D eigenvalue weighted by molar-refractivity contribution is -0.115. The number of amidine groups is 1. The van der Waals surface area contributed by atoms with Gasteiger partial charge in [-0.25, -0.2) is 4.99 Å². The highest BCUT2D eigenvalue weighted by atomic mass is 79.9. The van der Waals surface area contributed by atoms with Crippen LogP contribution in [-0.4, -0.2) is 11.1 Å². The highest BCUT2D eigenvalue weighted by Gasteiger charge is 2.24. The zero-order valence-corrected chi connectivity index (χ0v) is 23.4. The molecular formula is C28H23BrCl2N2O2S. The molecular weight excluding hydrogens is 579 g/mol. The molecule has 184 valence electrons. The Hall–Kier alpha value is -2.51. The molecule has 0 bridgehead atoms. The van der Waals surface area contributed by atoms with Crippen molar-refractivity contribution in [3.8, 4) is 5.75 Å². The van der Waals surface area contributed by atoms with E-state index in [2.05, 4.69) is 39.7 Å². The van der Waals surface area contributed by atoms with Crippen molar-refractivity contribution in [1.82, 2.24) is 5.32 Å². The van der Waals surface area contributed by atoms with Crippen molar-refractivity contribution in [2.75, 3.05) is 0 Å². The summed E-state index contributed by atoms with van der Waals surface area (Å²) in [5, 5.41) is 4.53. The minimum absolute atomic E-state index is 0.178. The van der Waals surface area contributed by atoms with Crippen LogP contribution < -0.4 is 10.1 Å². The van der Waals surface area contributed by atoms with Crippen molar-refractivity contribution in [1.29, 1.82) is 0 Å². The van der Waals surface area contributed by atoms with Crippen LogP contribution in [-0.2, 0) is 24.2 Å². The van der Waals surface area contributed by atoms with Gasteiger partial charge in [-0.05, 0) is 99.7 Å². The van der Waals surface area contributed by atoms with Crippen molar-refractivity contribution in [2.24, 2.45) is 4.99 Å². The quantitative estimate of drug-likeness (QED) is 0.208. The minimum Gasteiger partial charge on any atom is -0.487 e. The molecule has 1 amide bonds. The number of rotatable bonds is 8. The number of thioether (sulfide) groups is 1. The number of carbonyl (C=O) groups excluding carboxylic acids is 1. The molecule has 8 heteroatoms. The SMILES string of the molecule is C=CCc1cc(/C=C2\SC(=Nc3ccc(CC)cc3)NC2=O)cc(Br)c1OCc1ccc(Cl)cc1Cl. The van der Waals surface area contributed by atoms with E-state index in [4.69, 9.17) is 27.9 Å². The van der Waals surface area contributed by atoms with Crippen molar-refractivity contribution < 1.29 is 9.53 Å². The van der Waals surface area contributed by atoms with Crippen LogP contribution in [0, 0.1) is 0 Å². The summed E-state index contributed by atoms with van der Waals surface area (Å²) in [6.07, 6.45) is 5.22. The van der Waals surface area contributed by atoms with E-state index in [-0.39, 0.29) is 12.5 Å². The van der Waals surface area contributed by atoms with Gasteiger partial charge in [0, 0.05) is 15.6 Å². The van der Waals surface area contributed by atoms with Gasteiger partial charge >= 0.3 is 0 Å². The molecule has 4 rings (SSSR count). The average Bonchev–Trinajstić information content (AvgIpc) is 3.18. The van der Waals surface area contributed by atoms with Gasteiger partial charge in [0.2, 0.25) is 0 Å². The Morgan fingerprint density at radius 3 is 2.58 bits per heavy atom. The van der Waals surface area contributed by atoms with Crippen LogP contribution in [0.2, 0.25) is 10.0 Å². The van der Waals surface area contributed by atoms with Crippen molar-refractivity contribution >= 4 is 73.7 Å². The van der Waals surface area contributed by atoms with Gasteiger partial charge < -0.3 is 10.1 Å². The van der Waals surface area contributed by atoms with Crippen LogP contribution in [0.3, 0.4) is 0 Å². The van der Waals surface area contributed by atoms with E-state index < -0.39 is 0 Å². The van der Waals surface area contributed by atoms with Crippen molar-refractivity contribution in [3.05, 3.63) is 109 Å². The third-order valence-corrected chi connectivity index (χ3v) is 7.50. The van der Waals surface area contributed by atoms with E-state index in [1.807, 2.05) is 54.6 Å². The Bertz CT molecular complexity index is 1370. The number of carbonyl (C=O) groups is 1. The third-order valence-electron chi connectivity index (χ3n) is 5.42. The lowest BCUT2D eigenvalue weighted by Crippen LogP contribution is -2.19. The van der Waals surface area contributed by atoms with Gasteiger partial charge in [-0.15, -0.1) is 6.58 Å². The van der Waals surface area contributed by atoms with Crippen molar-refractivity contribution in [2.45, 2.75) is 26.4 Å². The highest BCUT2D eigenvalue weighted by Crippen LogP contribution is 2.35. The zero-order valence-electron chi connectivity index (χ0n) is 19.5. The molecule has 3 aromatic carbocycles. The van der Waals surface area contributed by atoms with E-state index in [9.17, 15) is 4.79 Å². The predicted molar refractivity (Wildman–Crippen MR) is 155 cm³/mol. The average molecular weight is 602 g/mol. The van der Waals surface area contributed by atoms with Crippen LogP contribution >= 0.6 is 50.9 Å². The van der Waals surface area contributed by atoms with Gasteiger partial charge in [-0.1, -0.05) is 54.4 Å². The monoisotopic (exact) mass is 600 g/mol. The Labute approximate surface area is 233 Å².